The minimum Gasteiger partial charge on any atom is -0.370 e. The van der Waals surface area contributed by atoms with Crippen molar-refractivity contribution in [2.24, 2.45) is 0 Å². The number of nitrogens with zero attached hydrogens (tertiary/aromatic N) is 1. The van der Waals surface area contributed by atoms with Crippen LogP contribution in [0, 0.1) is 23.0 Å². The Balaban J connectivity index is 1.64. The van der Waals surface area contributed by atoms with E-state index in [0.29, 0.717) is 17.7 Å². The number of nitrogens with one attached hydrogen (secondary N) is 1. The number of rotatable bonds is 8. The topological polar surface area (TPSA) is 89.8 Å². The first-order valence-electron chi connectivity index (χ1n) is 12.0. The lowest BCUT2D eigenvalue weighted by Gasteiger charge is -2.43. The van der Waals surface area contributed by atoms with E-state index in [1.807, 2.05) is 0 Å². The Labute approximate surface area is 209 Å². The molecule has 36 heavy (non-hydrogen) atoms. The van der Waals surface area contributed by atoms with Crippen LogP contribution in [0.4, 0.5) is 8.78 Å². The summed E-state index contributed by atoms with van der Waals surface area (Å²) < 4.78 is 53.0. The molecular formula is C27H30F2N2O5. The van der Waals surface area contributed by atoms with Crippen molar-refractivity contribution in [2.75, 3.05) is 6.54 Å². The van der Waals surface area contributed by atoms with Crippen LogP contribution in [0.1, 0.15) is 50.3 Å². The van der Waals surface area contributed by atoms with Gasteiger partial charge >= 0.3 is 0 Å². The van der Waals surface area contributed by atoms with Crippen LogP contribution < -0.4 is 5.32 Å². The molecule has 1 N–H and O–H groups in total. The van der Waals surface area contributed by atoms with E-state index >= 15 is 0 Å². The highest BCUT2D eigenvalue weighted by Gasteiger charge is 2.58. The van der Waals surface area contributed by atoms with Crippen molar-refractivity contribution in [1.82, 2.24) is 5.32 Å². The molecule has 1 saturated carbocycles. The number of carbonyl (C=O) groups is 1. The average Bonchev–Trinajstić information content (AvgIpc) is 3.16. The van der Waals surface area contributed by atoms with Crippen LogP contribution in [0.15, 0.2) is 42.5 Å². The van der Waals surface area contributed by atoms with Crippen molar-refractivity contribution < 1.29 is 32.5 Å². The fraction of sp³-hybridized carbons (Fsp3) is 0.481. The monoisotopic (exact) mass is 500 g/mol. The standard InChI is InChI=1S/C27H30F2N2O5/c1-4-31-25(32)27(34-15-18-9-6-5-8-17(18)14-30)12-22(24-23(13-27)35-26(2,3)36-24)33-16-19-20(28)10-7-11-21(19)29/h5-11,22-24H,4,12-13,15-16H2,1-3H3,(H,31,32)/t22?,23-,24+,27-/m1/s1. The Hall–Kier alpha value is -2.90. The number of amides is 1. The second-order valence-corrected chi connectivity index (χ2v) is 9.51. The van der Waals surface area contributed by atoms with E-state index in [-0.39, 0.29) is 37.5 Å². The van der Waals surface area contributed by atoms with Gasteiger partial charge in [0, 0.05) is 24.9 Å². The minimum atomic E-state index is -1.37. The third-order valence-corrected chi connectivity index (χ3v) is 6.55. The SMILES string of the molecule is CCNC(=O)[C@@]1(OCc2ccccc2C#N)CC(OCc2c(F)cccc2F)[C@@H]2OC(C)(C)O[C@@H]2C1. The maximum absolute atomic E-state index is 14.3. The predicted octanol–water partition coefficient (Wildman–Crippen LogP) is 4.13. The lowest BCUT2D eigenvalue weighted by molar-refractivity contribution is -0.183. The van der Waals surface area contributed by atoms with Gasteiger partial charge in [-0.3, -0.25) is 4.79 Å². The van der Waals surface area contributed by atoms with Gasteiger partial charge < -0.3 is 24.3 Å². The van der Waals surface area contributed by atoms with Gasteiger partial charge in [-0.15, -0.1) is 0 Å². The van der Waals surface area contributed by atoms with Gasteiger partial charge in [0.2, 0.25) is 0 Å². The number of fused-ring (bicyclic) bond motifs is 1. The molecule has 1 aliphatic carbocycles. The molecule has 0 spiro atoms. The van der Waals surface area contributed by atoms with Crippen LogP contribution in [0.25, 0.3) is 0 Å². The highest BCUT2D eigenvalue weighted by atomic mass is 19.1. The van der Waals surface area contributed by atoms with Gasteiger partial charge in [-0.05, 0) is 44.5 Å². The fourth-order valence-corrected chi connectivity index (χ4v) is 4.86. The molecule has 4 atom stereocenters. The van der Waals surface area contributed by atoms with E-state index in [2.05, 4.69) is 11.4 Å². The first-order chi connectivity index (χ1) is 17.2. The predicted molar refractivity (Wildman–Crippen MR) is 125 cm³/mol. The maximum Gasteiger partial charge on any atom is 0.252 e. The summed E-state index contributed by atoms with van der Waals surface area (Å²) >= 11 is 0. The number of benzene rings is 2. The van der Waals surface area contributed by atoms with E-state index in [4.69, 9.17) is 18.9 Å². The molecule has 1 amide bonds. The Bertz CT molecular complexity index is 1130. The number of likely N-dealkylation sites (N-methyl/N-ethyl adjacent to an activating group) is 1. The molecule has 4 rings (SSSR count). The first kappa shape index (κ1) is 26.2. The van der Waals surface area contributed by atoms with Crippen LogP contribution in [-0.4, -0.2) is 42.2 Å². The van der Waals surface area contributed by atoms with E-state index in [1.165, 1.54) is 18.2 Å². The van der Waals surface area contributed by atoms with Gasteiger partial charge in [0.25, 0.3) is 5.91 Å². The van der Waals surface area contributed by atoms with Crippen LogP contribution in [0.5, 0.6) is 0 Å². The zero-order valence-electron chi connectivity index (χ0n) is 20.6. The number of carbonyl (C=O) groups excluding carboxylic acids is 1. The molecular weight excluding hydrogens is 470 g/mol. The molecule has 0 bridgehead atoms. The zero-order valence-corrected chi connectivity index (χ0v) is 20.6. The van der Waals surface area contributed by atoms with Crippen molar-refractivity contribution >= 4 is 5.91 Å². The van der Waals surface area contributed by atoms with Gasteiger partial charge in [0.1, 0.15) is 17.7 Å². The smallest absolute Gasteiger partial charge is 0.252 e. The largest absolute Gasteiger partial charge is 0.370 e. The summed E-state index contributed by atoms with van der Waals surface area (Å²) in [5, 5.41) is 12.3. The van der Waals surface area contributed by atoms with Crippen molar-refractivity contribution in [3.8, 4) is 6.07 Å². The van der Waals surface area contributed by atoms with Crippen molar-refractivity contribution in [3.05, 3.63) is 70.8 Å². The first-order valence-corrected chi connectivity index (χ1v) is 12.0. The van der Waals surface area contributed by atoms with Crippen LogP contribution in [0.2, 0.25) is 0 Å². The Morgan fingerprint density at radius 1 is 1.11 bits per heavy atom. The molecule has 1 heterocycles. The molecule has 0 radical (unpaired) electrons. The second kappa shape index (κ2) is 10.6. The fourth-order valence-electron chi connectivity index (χ4n) is 4.86. The number of hydrogen-bond donors (Lipinski definition) is 1. The number of hydrogen-bond acceptors (Lipinski definition) is 6. The van der Waals surface area contributed by atoms with E-state index < -0.39 is 41.3 Å². The molecule has 0 aromatic heterocycles. The summed E-state index contributed by atoms with van der Waals surface area (Å²) in [7, 11) is 0. The van der Waals surface area contributed by atoms with Crippen molar-refractivity contribution in [2.45, 2.75) is 76.5 Å². The Kier molecular flexibility index (Phi) is 7.71. The zero-order chi connectivity index (χ0) is 25.9. The van der Waals surface area contributed by atoms with E-state index in [9.17, 15) is 18.8 Å². The van der Waals surface area contributed by atoms with Gasteiger partial charge in [-0.1, -0.05) is 24.3 Å². The Morgan fingerprint density at radius 3 is 2.53 bits per heavy atom. The van der Waals surface area contributed by atoms with Crippen LogP contribution >= 0.6 is 0 Å². The molecule has 2 fully saturated rings. The van der Waals surface area contributed by atoms with Gasteiger partial charge in [0.05, 0.1) is 37.1 Å². The lowest BCUT2D eigenvalue weighted by atomic mass is 9.78. The molecule has 2 aliphatic rings. The van der Waals surface area contributed by atoms with E-state index in [0.717, 1.165) is 0 Å². The maximum atomic E-state index is 14.3. The van der Waals surface area contributed by atoms with Crippen LogP contribution in [-0.2, 0) is 37.0 Å². The van der Waals surface area contributed by atoms with Crippen molar-refractivity contribution in [1.29, 1.82) is 5.26 Å². The summed E-state index contributed by atoms with van der Waals surface area (Å²) in [6.07, 6.45) is -1.61. The van der Waals surface area contributed by atoms with Crippen LogP contribution in [0.3, 0.4) is 0 Å². The quantitative estimate of drug-likeness (QED) is 0.586. The van der Waals surface area contributed by atoms with Gasteiger partial charge in [0.15, 0.2) is 11.4 Å². The second-order valence-electron chi connectivity index (χ2n) is 9.51. The molecule has 2 aromatic carbocycles. The highest BCUT2D eigenvalue weighted by Crippen LogP contribution is 2.44. The summed E-state index contributed by atoms with van der Waals surface area (Å²) in [5.41, 5.74) is -0.491. The van der Waals surface area contributed by atoms with Gasteiger partial charge in [-0.25, -0.2) is 8.78 Å². The molecule has 1 saturated heterocycles. The summed E-state index contributed by atoms with van der Waals surface area (Å²) in [4.78, 5) is 13.4. The molecule has 1 aliphatic heterocycles. The van der Waals surface area contributed by atoms with E-state index in [1.54, 1.807) is 45.0 Å². The number of halogens is 2. The molecule has 1 unspecified atom stereocenters. The number of nitriles is 1. The average molecular weight is 501 g/mol. The third kappa shape index (κ3) is 5.42. The van der Waals surface area contributed by atoms with Crippen molar-refractivity contribution in [3.63, 3.8) is 0 Å². The Morgan fingerprint density at radius 2 is 1.83 bits per heavy atom. The minimum absolute atomic E-state index is 0.0111. The summed E-state index contributed by atoms with van der Waals surface area (Å²) in [6, 6.07) is 12.7. The lowest BCUT2D eigenvalue weighted by Crippen LogP contribution is -2.60. The highest BCUT2D eigenvalue weighted by molar-refractivity contribution is 5.85. The van der Waals surface area contributed by atoms with Gasteiger partial charge in [-0.2, -0.15) is 5.26 Å². The summed E-state index contributed by atoms with van der Waals surface area (Å²) in [6.45, 7) is 5.36. The molecule has 7 nitrogen and oxygen atoms in total. The third-order valence-electron chi connectivity index (χ3n) is 6.55. The summed E-state index contributed by atoms with van der Waals surface area (Å²) in [5.74, 6) is -2.72. The molecule has 9 heteroatoms. The number of ether oxygens (including phenoxy) is 4. The molecule has 2 aromatic rings. The molecule has 192 valence electrons. The normalized spacial score (nSPS) is 26.7.